The van der Waals surface area contributed by atoms with Crippen molar-refractivity contribution in [2.24, 2.45) is 0 Å². The number of carbonyl (C=O) groups excluding carboxylic acids is 1. The highest BCUT2D eigenvalue weighted by atomic mass is 32.2. The summed E-state index contributed by atoms with van der Waals surface area (Å²) >= 11 is 1.75. The largest absolute Gasteiger partial charge is 0.339 e. The Labute approximate surface area is 193 Å². The highest BCUT2D eigenvalue weighted by molar-refractivity contribution is 7.89. The van der Waals surface area contributed by atoms with Crippen molar-refractivity contribution in [1.82, 2.24) is 14.2 Å². The molecule has 0 spiro atoms. The van der Waals surface area contributed by atoms with Crippen molar-refractivity contribution in [3.8, 4) is 0 Å². The molecule has 1 saturated heterocycles. The van der Waals surface area contributed by atoms with Gasteiger partial charge in [-0.05, 0) is 55.7 Å². The smallest absolute Gasteiger partial charge is 0.253 e. The zero-order chi connectivity index (χ0) is 22.7. The van der Waals surface area contributed by atoms with Gasteiger partial charge in [0.15, 0.2) is 0 Å². The van der Waals surface area contributed by atoms with E-state index in [-0.39, 0.29) is 10.8 Å². The van der Waals surface area contributed by atoms with Gasteiger partial charge in [0.1, 0.15) is 0 Å². The number of fused-ring (bicyclic) bond motifs is 1. The van der Waals surface area contributed by atoms with Gasteiger partial charge in [-0.25, -0.2) is 17.7 Å². The monoisotopic (exact) mass is 471 g/mol. The van der Waals surface area contributed by atoms with Crippen LogP contribution >= 0.6 is 11.3 Å². The minimum atomic E-state index is -3.53. The summed E-state index contributed by atoms with van der Waals surface area (Å²) in [4.78, 5) is 19.8. The van der Waals surface area contributed by atoms with Crippen LogP contribution in [0.5, 0.6) is 0 Å². The van der Waals surface area contributed by atoms with E-state index < -0.39 is 10.0 Å². The Kier molecular flexibility index (Phi) is 6.93. The van der Waals surface area contributed by atoms with Crippen LogP contribution in [0.4, 0.5) is 0 Å². The molecule has 8 heteroatoms. The minimum absolute atomic E-state index is 0.0453. The fourth-order valence-electron chi connectivity index (χ4n) is 4.03. The molecule has 0 bridgehead atoms. The maximum absolute atomic E-state index is 13.0. The summed E-state index contributed by atoms with van der Waals surface area (Å²) in [5, 5.41) is 1.15. The summed E-state index contributed by atoms with van der Waals surface area (Å²) in [6.45, 7) is 3.88. The SMILES string of the molecule is CCCCN(C)S(=O)(=O)c1ccc(C(=O)N2CCC(c3nc4ccccc4s3)CC2)cc1. The topological polar surface area (TPSA) is 70.6 Å². The van der Waals surface area contributed by atoms with Crippen molar-refractivity contribution in [1.29, 1.82) is 0 Å². The van der Waals surface area contributed by atoms with E-state index in [4.69, 9.17) is 4.98 Å². The molecule has 1 fully saturated rings. The third-order valence-electron chi connectivity index (χ3n) is 6.08. The quantitative estimate of drug-likeness (QED) is 0.499. The minimum Gasteiger partial charge on any atom is -0.339 e. The highest BCUT2D eigenvalue weighted by Crippen LogP contribution is 2.34. The lowest BCUT2D eigenvalue weighted by Crippen LogP contribution is -2.37. The zero-order valence-electron chi connectivity index (χ0n) is 18.5. The van der Waals surface area contributed by atoms with E-state index in [2.05, 4.69) is 6.07 Å². The number of sulfonamides is 1. The van der Waals surface area contributed by atoms with Gasteiger partial charge in [-0.2, -0.15) is 0 Å². The van der Waals surface area contributed by atoms with Crippen LogP contribution in [-0.4, -0.2) is 55.2 Å². The van der Waals surface area contributed by atoms with Crippen LogP contribution in [0.25, 0.3) is 10.2 Å². The first-order chi connectivity index (χ1) is 15.4. The molecule has 0 radical (unpaired) electrons. The second-order valence-electron chi connectivity index (χ2n) is 8.29. The van der Waals surface area contributed by atoms with Crippen LogP contribution in [0.2, 0.25) is 0 Å². The third kappa shape index (κ3) is 4.72. The van der Waals surface area contributed by atoms with Crippen molar-refractivity contribution in [2.75, 3.05) is 26.7 Å². The average molecular weight is 472 g/mol. The average Bonchev–Trinajstić information content (AvgIpc) is 3.26. The summed E-state index contributed by atoms with van der Waals surface area (Å²) in [5.41, 5.74) is 1.57. The maximum Gasteiger partial charge on any atom is 0.253 e. The molecule has 6 nitrogen and oxygen atoms in total. The molecule has 0 saturated carbocycles. The summed E-state index contributed by atoms with van der Waals surface area (Å²) in [5.74, 6) is 0.332. The number of hydrogen-bond donors (Lipinski definition) is 0. The molecule has 0 atom stereocenters. The second-order valence-corrected chi connectivity index (χ2v) is 11.4. The van der Waals surface area contributed by atoms with Gasteiger partial charge < -0.3 is 4.90 Å². The van der Waals surface area contributed by atoms with Crippen LogP contribution in [0.1, 0.15) is 53.9 Å². The summed E-state index contributed by atoms with van der Waals surface area (Å²) in [6.07, 6.45) is 3.53. The summed E-state index contributed by atoms with van der Waals surface area (Å²) < 4.78 is 27.9. The van der Waals surface area contributed by atoms with Gasteiger partial charge in [0.2, 0.25) is 10.0 Å². The van der Waals surface area contributed by atoms with Gasteiger partial charge in [0.05, 0.1) is 20.1 Å². The normalized spacial score (nSPS) is 15.5. The fourth-order valence-corrected chi connectivity index (χ4v) is 6.37. The molecular formula is C24H29N3O3S2. The lowest BCUT2D eigenvalue weighted by molar-refractivity contribution is 0.0713. The summed E-state index contributed by atoms with van der Waals surface area (Å²) in [7, 11) is -1.93. The van der Waals surface area contributed by atoms with E-state index in [0.29, 0.717) is 31.1 Å². The first-order valence-electron chi connectivity index (χ1n) is 11.1. The van der Waals surface area contributed by atoms with Gasteiger partial charge in [-0.1, -0.05) is 25.5 Å². The number of carbonyl (C=O) groups is 1. The number of benzene rings is 2. The molecule has 3 aromatic rings. The van der Waals surface area contributed by atoms with Crippen LogP contribution in [0, 0.1) is 0 Å². The number of hydrogen-bond acceptors (Lipinski definition) is 5. The molecule has 0 unspecified atom stereocenters. The van der Waals surface area contributed by atoms with Gasteiger partial charge in [-0.15, -0.1) is 11.3 Å². The van der Waals surface area contributed by atoms with Crippen LogP contribution < -0.4 is 0 Å². The van der Waals surface area contributed by atoms with E-state index in [1.165, 1.54) is 9.01 Å². The van der Waals surface area contributed by atoms with Crippen molar-refractivity contribution in [3.63, 3.8) is 0 Å². The van der Waals surface area contributed by atoms with Gasteiger partial charge in [0.25, 0.3) is 5.91 Å². The number of likely N-dealkylation sites (tertiary alicyclic amines) is 1. The van der Waals surface area contributed by atoms with E-state index in [1.807, 2.05) is 30.0 Å². The fraction of sp³-hybridized carbons (Fsp3) is 0.417. The molecule has 2 heterocycles. The highest BCUT2D eigenvalue weighted by Gasteiger charge is 2.27. The zero-order valence-corrected chi connectivity index (χ0v) is 20.2. The number of thiazole rings is 1. The molecule has 170 valence electrons. The molecular weight excluding hydrogens is 442 g/mol. The Hall–Kier alpha value is -2.29. The molecule has 1 aromatic heterocycles. The van der Waals surface area contributed by atoms with E-state index in [1.54, 1.807) is 42.6 Å². The van der Waals surface area contributed by atoms with Crippen LogP contribution in [0.3, 0.4) is 0 Å². The second kappa shape index (κ2) is 9.68. The Morgan fingerprint density at radius 2 is 1.81 bits per heavy atom. The molecule has 1 aliphatic rings. The Bertz CT molecular complexity index is 1150. The Balaban J connectivity index is 1.39. The maximum atomic E-state index is 13.0. The molecule has 0 aliphatic carbocycles. The van der Waals surface area contributed by atoms with Crippen molar-refractivity contribution >= 4 is 37.5 Å². The molecule has 2 aromatic carbocycles. The number of para-hydroxylation sites is 1. The molecule has 32 heavy (non-hydrogen) atoms. The number of aromatic nitrogens is 1. The molecule has 1 amide bonds. The number of rotatable bonds is 7. The van der Waals surface area contributed by atoms with E-state index in [0.717, 1.165) is 36.2 Å². The Morgan fingerprint density at radius 3 is 2.47 bits per heavy atom. The predicted molar refractivity (Wildman–Crippen MR) is 129 cm³/mol. The first-order valence-corrected chi connectivity index (χ1v) is 13.4. The third-order valence-corrected chi connectivity index (χ3v) is 9.15. The Morgan fingerprint density at radius 1 is 1.12 bits per heavy atom. The van der Waals surface area contributed by atoms with Crippen molar-refractivity contribution < 1.29 is 13.2 Å². The lowest BCUT2D eigenvalue weighted by Gasteiger charge is -2.31. The van der Waals surface area contributed by atoms with E-state index in [9.17, 15) is 13.2 Å². The van der Waals surface area contributed by atoms with Gasteiger partial charge >= 0.3 is 0 Å². The van der Waals surface area contributed by atoms with Gasteiger partial charge in [-0.3, -0.25) is 4.79 Å². The van der Waals surface area contributed by atoms with Crippen molar-refractivity contribution in [2.45, 2.75) is 43.4 Å². The van der Waals surface area contributed by atoms with Crippen LogP contribution in [-0.2, 0) is 10.0 Å². The molecule has 4 rings (SSSR count). The predicted octanol–water partition coefficient (Wildman–Crippen LogP) is 4.74. The standard InChI is InChI=1S/C24H29N3O3S2/c1-3-4-15-26(2)32(29,30)20-11-9-19(10-12-20)24(28)27-16-13-18(14-17-27)23-25-21-7-5-6-8-22(21)31-23/h5-12,18H,3-4,13-17H2,1-2H3. The first kappa shape index (κ1) is 22.9. The van der Waals surface area contributed by atoms with E-state index >= 15 is 0 Å². The number of unbranched alkanes of at least 4 members (excludes halogenated alkanes) is 1. The number of piperidine rings is 1. The summed E-state index contributed by atoms with van der Waals surface area (Å²) in [6, 6.07) is 14.5. The lowest BCUT2D eigenvalue weighted by atomic mass is 9.97. The van der Waals surface area contributed by atoms with Gasteiger partial charge in [0, 0.05) is 38.2 Å². The van der Waals surface area contributed by atoms with Crippen LogP contribution in [0.15, 0.2) is 53.4 Å². The molecule has 0 N–H and O–H groups in total. The number of nitrogens with zero attached hydrogens (tertiary/aromatic N) is 3. The van der Waals surface area contributed by atoms with Crippen molar-refractivity contribution in [3.05, 3.63) is 59.1 Å². The number of amides is 1. The molecule has 1 aliphatic heterocycles.